The quantitative estimate of drug-likeness (QED) is 0.748. The van der Waals surface area contributed by atoms with Crippen LogP contribution in [0.3, 0.4) is 0 Å². The maximum absolute atomic E-state index is 5.87. The van der Waals surface area contributed by atoms with E-state index < -0.39 is 0 Å². The Hall–Kier alpha value is -2.37. The van der Waals surface area contributed by atoms with E-state index in [9.17, 15) is 0 Å². The Morgan fingerprint density at radius 1 is 1.19 bits per heavy atom. The molecule has 0 spiro atoms. The fourth-order valence-electron chi connectivity index (χ4n) is 2.50. The smallest absolute Gasteiger partial charge is 0.115 e. The molecule has 2 heterocycles. The van der Waals surface area contributed by atoms with Gasteiger partial charge in [0, 0.05) is 23.8 Å². The summed E-state index contributed by atoms with van der Waals surface area (Å²) in [7, 11) is 0. The van der Waals surface area contributed by atoms with Gasteiger partial charge in [0.05, 0.1) is 23.8 Å². The van der Waals surface area contributed by atoms with Crippen LogP contribution in [0.4, 0.5) is 5.69 Å². The molecule has 0 saturated heterocycles. The van der Waals surface area contributed by atoms with Crippen molar-refractivity contribution in [3.63, 3.8) is 0 Å². The summed E-state index contributed by atoms with van der Waals surface area (Å²) < 4.78 is 4.08. The third kappa shape index (κ3) is 2.61. The zero-order valence-electron chi connectivity index (χ0n) is 12.6. The van der Waals surface area contributed by atoms with Crippen molar-refractivity contribution in [2.75, 3.05) is 5.73 Å². The summed E-state index contributed by atoms with van der Waals surface area (Å²) in [6.07, 6.45) is 3.56. The number of aromatic nitrogens is 5. The molecule has 0 aliphatic rings. The molecule has 1 aromatic carbocycles. The van der Waals surface area contributed by atoms with Crippen LogP contribution in [-0.4, -0.2) is 24.5 Å². The summed E-state index contributed by atoms with van der Waals surface area (Å²) in [6, 6.07) is 5.88. The van der Waals surface area contributed by atoms with Gasteiger partial charge in [-0.05, 0) is 18.2 Å². The Kier molecular flexibility index (Phi) is 3.16. The first-order valence-electron chi connectivity index (χ1n) is 7.05. The number of rotatable bonds is 3. The number of fused-ring (bicyclic) bond motifs is 1. The number of hydrogen-bond donors (Lipinski definition) is 1. The Morgan fingerprint density at radius 3 is 2.67 bits per heavy atom. The SMILES string of the molecule is CC(C)(C)c1nc2cc(N)ccc2n1CCn1ccnn1. The van der Waals surface area contributed by atoms with Crippen molar-refractivity contribution in [1.82, 2.24) is 24.5 Å². The standard InChI is InChI=1S/C15H20N6/c1-15(2,3)14-18-12-10-11(16)4-5-13(12)21(14)9-8-20-7-6-17-19-20/h4-7,10H,8-9,16H2,1-3H3. The van der Waals surface area contributed by atoms with E-state index in [-0.39, 0.29) is 5.41 Å². The molecule has 0 saturated carbocycles. The molecule has 0 amide bonds. The average molecular weight is 284 g/mol. The Labute approximate surface area is 123 Å². The summed E-state index contributed by atoms with van der Waals surface area (Å²) in [5.74, 6) is 1.06. The molecule has 3 aromatic rings. The second-order valence-electron chi connectivity index (χ2n) is 6.25. The zero-order chi connectivity index (χ0) is 15.0. The lowest BCUT2D eigenvalue weighted by molar-refractivity contribution is 0.466. The fraction of sp³-hybridized carbons (Fsp3) is 0.400. The van der Waals surface area contributed by atoms with Crippen LogP contribution in [-0.2, 0) is 18.5 Å². The highest BCUT2D eigenvalue weighted by Gasteiger charge is 2.22. The van der Waals surface area contributed by atoms with Crippen molar-refractivity contribution < 1.29 is 0 Å². The number of nitrogen functional groups attached to an aromatic ring is 1. The predicted molar refractivity (Wildman–Crippen MR) is 82.9 cm³/mol. The number of anilines is 1. The van der Waals surface area contributed by atoms with Gasteiger partial charge in [-0.1, -0.05) is 26.0 Å². The minimum Gasteiger partial charge on any atom is -0.399 e. The summed E-state index contributed by atoms with van der Waals surface area (Å²) in [6.45, 7) is 8.08. The van der Waals surface area contributed by atoms with Crippen molar-refractivity contribution in [3.05, 3.63) is 36.4 Å². The molecular weight excluding hydrogens is 264 g/mol. The first-order chi connectivity index (χ1) is 9.95. The third-order valence-electron chi connectivity index (χ3n) is 3.47. The second kappa shape index (κ2) is 4.87. The molecule has 0 bridgehead atoms. The molecule has 6 heteroatoms. The van der Waals surface area contributed by atoms with Crippen molar-refractivity contribution >= 4 is 16.7 Å². The molecule has 0 aliphatic heterocycles. The minimum absolute atomic E-state index is 0.0316. The molecule has 110 valence electrons. The van der Waals surface area contributed by atoms with Gasteiger partial charge in [-0.25, -0.2) is 4.98 Å². The van der Waals surface area contributed by atoms with E-state index in [2.05, 4.69) is 35.7 Å². The minimum atomic E-state index is -0.0316. The first kappa shape index (κ1) is 13.6. The molecule has 0 radical (unpaired) electrons. The van der Waals surface area contributed by atoms with Crippen LogP contribution in [0.5, 0.6) is 0 Å². The molecule has 2 aromatic heterocycles. The maximum Gasteiger partial charge on any atom is 0.115 e. The van der Waals surface area contributed by atoms with Crippen molar-refractivity contribution in [2.24, 2.45) is 0 Å². The van der Waals surface area contributed by atoms with Crippen LogP contribution in [0.2, 0.25) is 0 Å². The molecule has 6 nitrogen and oxygen atoms in total. The van der Waals surface area contributed by atoms with Gasteiger partial charge < -0.3 is 10.3 Å². The van der Waals surface area contributed by atoms with Crippen LogP contribution in [0.25, 0.3) is 11.0 Å². The van der Waals surface area contributed by atoms with Crippen molar-refractivity contribution in [2.45, 2.75) is 39.3 Å². The van der Waals surface area contributed by atoms with E-state index in [1.807, 2.05) is 29.1 Å². The van der Waals surface area contributed by atoms with Gasteiger partial charge in [0.15, 0.2) is 0 Å². The van der Waals surface area contributed by atoms with Gasteiger partial charge in [-0.15, -0.1) is 5.10 Å². The fourth-order valence-corrected chi connectivity index (χ4v) is 2.50. The largest absolute Gasteiger partial charge is 0.399 e. The van der Waals surface area contributed by atoms with E-state index in [0.29, 0.717) is 0 Å². The summed E-state index contributed by atoms with van der Waals surface area (Å²) in [4.78, 5) is 4.78. The predicted octanol–water partition coefficient (Wildman–Crippen LogP) is 2.21. The normalized spacial score (nSPS) is 12.1. The Morgan fingerprint density at radius 2 is 2.00 bits per heavy atom. The van der Waals surface area contributed by atoms with Gasteiger partial charge in [0.2, 0.25) is 0 Å². The van der Waals surface area contributed by atoms with E-state index in [0.717, 1.165) is 35.6 Å². The summed E-state index contributed by atoms with van der Waals surface area (Å²) in [5, 5.41) is 7.85. The molecule has 0 aliphatic carbocycles. The zero-order valence-corrected chi connectivity index (χ0v) is 12.6. The Balaban J connectivity index is 2.05. The lowest BCUT2D eigenvalue weighted by Gasteiger charge is -2.20. The summed E-state index contributed by atoms with van der Waals surface area (Å²) in [5.41, 5.74) is 8.63. The van der Waals surface area contributed by atoms with Crippen LogP contribution in [0.1, 0.15) is 26.6 Å². The van der Waals surface area contributed by atoms with E-state index in [1.54, 1.807) is 6.20 Å². The van der Waals surface area contributed by atoms with Gasteiger partial charge >= 0.3 is 0 Å². The van der Waals surface area contributed by atoms with Gasteiger partial charge in [-0.3, -0.25) is 4.68 Å². The van der Waals surface area contributed by atoms with Gasteiger partial charge in [0.25, 0.3) is 0 Å². The average Bonchev–Trinajstić information content (AvgIpc) is 3.01. The number of hydrogen-bond acceptors (Lipinski definition) is 4. The second-order valence-corrected chi connectivity index (χ2v) is 6.25. The third-order valence-corrected chi connectivity index (χ3v) is 3.47. The molecule has 0 fully saturated rings. The van der Waals surface area contributed by atoms with Crippen LogP contribution >= 0.6 is 0 Å². The molecule has 0 unspecified atom stereocenters. The van der Waals surface area contributed by atoms with Crippen LogP contribution in [0.15, 0.2) is 30.6 Å². The lowest BCUT2D eigenvalue weighted by atomic mass is 9.95. The number of benzene rings is 1. The molecule has 2 N–H and O–H groups in total. The van der Waals surface area contributed by atoms with Gasteiger partial charge in [-0.2, -0.15) is 0 Å². The molecule has 21 heavy (non-hydrogen) atoms. The van der Waals surface area contributed by atoms with E-state index >= 15 is 0 Å². The number of aryl methyl sites for hydroxylation is 2. The topological polar surface area (TPSA) is 74.5 Å². The summed E-state index contributed by atoms with van der Waals surface area (Å²) >= 11 is 0. The number of nitrogens with zero attached hydrogens (tertiary/aromatic N) is 5. The van der Waals surface area contributed by atoms with Crippen LogP contribution in [0, 0.1) is 0 Å². The molecular formula is C15H20N6. The maximum atomic E-state index is 5.87. The van der Waals surface area contributed by atoms with Crippen molar-refractivity contribution in [3.8, 4) is 0 Å². The number of imidazole rings is 1. The van der Waals surface area contributed by atoms with Gasteiger partial charge in [0.1, 0.15) is 5.82 Å². The highest BCUT2D eigenvalue weighted by atomic mass is 15.4. The Bertz CT molecular complexity index is 748. The van der Waals surface area contributed by atoms with E-state index in [4.69, 9.17) is 10.7 Å². The van der Waals surface area contributed by atoms with Crippen molar-refractivity contribution in [1.29, 1.82) is 0 Å². The number of nitrogens with two attached hydrogens (primary N) is 1. The van der Waals surface area contributed by atoms with Crippen LogP contribution < -0.4 is 5.73 Å². The monoisotopic (exact) mass is 284 g/mol. The first-order valence-corrected chi connectivity index (χ1v) is 7.05. The lowest BCUT2D eigenvalue weighted by Crippen LogP contribution is -2.20. The highest BCUT2D eigenvalue weighted by Crippen LogP contribution is 2.27. The molecule has 0 atom stereocenters. The van der Waals surface area contributed by atoms with E-state index in [1.165, 1.54) is 0 Å². The highest BCUT2D eigenvalue weighted by molar-refractivity contribution is 5.79. The molecule has 3 rings (SSSR count).